The zero-order chi connectivity index (χ0) is 17.9. The summed E-state index contributed by atoms with van der Waals surface area (Å²) in [5.41, 5.74) is 1.38. The number of nitrogens with zero attached hydrogens (tertiary/aromatic N) is 5. The van der Waals surface area contributed by atoms with E-state index in [0.717, 1.165) is 12.1 Å². The van der Waals surface area contributed by atoms with Crippen LogP contribution in [0.25, 0.3) is 5.69 Å². The summed E-state index contributed by atoms with van der Waals surface area (Å²) in [6, 6.07) is 10.4. The Labute approximate surface area is 153 Å². The van der Waals surface area contributed by atoms with Crippen LogP contribution in [0.5, 0.6) is 0 Å². The van der Waals surface area contributed by atoms with Gasteiger partial charge in [-0.05, 0) is 52.9 Å². The molecular formula is C17H16N6O2S. The molecule has 1 fully saturated rings. The van der Waals surface area contributed by atoms with Crippen molar-refractivity contribution in [2.24, 2.45) is 0 Å². The lowest BCUT2D eigenvalue weighted by atomic mass is 10.2. The van der Waals surface area contributed by atoms with Crippen LogP contribution < -0.4 is 5.32 Å². The molecule has 2 aromatic heterocycles. The van der Waals surface area contributed by atoms with Gasteiger partial charge in [-0.2, -0.15) is 0 Å². The number of rotatable bonds is 4. The number of hydrogen-bond donors (Lipinski definition) is 1. The summed E-state index contributed by atoms with van der Waals surface area (Å²) < 4.78 is 1.51. The van der Waals surface area contributed by atoms with E-state index in [0.29, 0.717) is 23.5 Å². The van der Waals surface area contributed by atoms with Crippen molar-refractivity contribution >= 4 is 28.8 Å². The summed E-state index contributed by atoms with van der Waals surface area (Å²) in [4.78, 5) is 27.7. The fraction of sp³-hybridized carbons (Fsp3) is 0.235. The van der Waals surface area contributed by atoms with Crippen LogP contribution in [0.15, 0.2) is 48.1 Å². The van der Waals surface area contributed by atoms with E-state index in [2.05, 4.69) is 20.8 Å². The predicted molar refractivity (Wildman–Crippen MR) is 96.2 cm³/mol. The lowest BCUT2D eigenvalue weighted by molar-refractivity contribution is -0.119. The van der Waals surface area contributed by atoms with Crippen LogP contribution >= 0.6 is 11.3 Å². The highest BCUT2D eigenvalue weighted by Crippen LogP contribution is 2.24. The number of benzene rings is 1. The normalized spacial score (nSPS) is 16.6. The molecule has 1 aliphatic heterocycles. The van der Waals surface area contributed by atoms with Crippen molar-refractivity contribution in [2.75, 3.05) is 11.9 Å². The molecule has 0 unspecified atom stereocenters. The zero-order valence-corrected chi connectivity index (χ0v) is 14.6. The largest absolute Gasteiger partial charge is 0.326 e. The fourth-order valence-electron chi connectivity index (χ4n) is 3.06. The highest BCUT2D eigenvalue weighted by Gasteiger charge is 2.34. The summed E-state index contributed by atoms with van der Waals surface area (Å²) in [6.07, 6.45) is 2.97. The third kappa shape index (κ3) is 3.21. The van der Waals surface area contributed by atoms with E-state index in [1.54, 1.807) is 23.1 Å². The Hall–Kier alpha value is -3.07. The minimum Gasteiger partial charge on any atom is -0.326 e. The molecule has 3 heterocycles. The lowest BCUT2D eigenvalue weighted by Gasteiger charge is -2.23. The number of nitrogens with one attached hydrogen (secondary N) is 1. The topological polar surface area (TPSA) is 93.0 Å². The molecule has 3 aromatic rings. The molecule has 1 aliphatic rings. The van der Waals surface area contributed by atoms with Crippen LogP contribution in [-0.4, -0.2) is 49.5 Å². The number of likely N-dealkylation sites (tertiary alicyclic amines) is 1. The molecule has 1 aromatic carbocycles. The smallest absolute Gasteiger partial charge is 0.264 e. The van der Waals surface area contributed by atoms with Gasteiger partial charge in [-0.25, -0.2) is 4.68 Å². The lowest BCUT2D eigenvalue weighted by Crippen LogP contribution is -2.42. The first-order valence-electron chi connectivity index (χ1n) is 8.21. The molecule has 2 amide bonds. The maximum absolute atomic E-state index is 12.7. The van der Waals surface area contributed by atoms with Gasteiger partial charge >= 0.3 is 0 Å². The second-order valence-electron chi connectivity index (χ2n) is 5.93. The molecule has 0 radical (unpaired) electrons. The number of carbonyl (C=O) groups excluding carboxylic acids is 2. The molecule has 0 spiro atoms. The Balaban J connectivity index is 1.49. The number of aromatic nitrogens is 4. The summed E-state index contributed by atoms with van der Waals surface area (Å²) in [6.45, 7) is 0.597. The van der Waals surface area contributed by atoms with Gasteiger partial charge < -0.3 is 10.2 Å². The molecule has 0 bridgehead atoms. The molecule has 9 heteroatoms. The molecule has 0 aliphatic carbocycles. The maximum Gasteiger partial charge on any atom is 0.264 e. The number of tetrazole rings is 1. The molecule has 1 atom stereocenters. The van der Waals surface area contributed by atoms with Gasteiger partial charge in [0.1, 0.15) is 12.4 Å². The monoisotopic (exact) mass is 368 g/mol. The first-order valence-corrected chi connectivity index (χ1v) is 9.09. The molecule has 132 valence electrons. The minimum absolute atomic E-state index is 0.0832. The van der Waals surface area contributed by atoms with E-state index in [4.69, 9.17) is 0 Å². The Morgan fingerprint density at radius 2 is 2.15 bits per heavy atom. The zero-order valence-electron chi connectivity index (χ0n) is 13.8. The summed E-state index contributed by atoms with van der Waals surface area (Å²) in [7, 11) is 0. The third-order valence-corrected chi connectivity index (χ3v) is 5.13. The van der Waals surface area contributed by atoms with Crippen LogP contribution in [0.4, 0.5) is 5.69 Å². The van der Waals surface area contributed by atoms with E-state index in [-0.39, 0.29) is 11.8 Å². The average molecular weight is 368 g/mol. The predicted octanol–water partition coefficient (Wildman–Crippen LogP) is 1.97. The number of anilines is 1. The summed E-state index contributed by atoms with van der Waals surface area (Å²) >= 11 is 1.39. The standard InChI is InChI=1S/C17H16N6O2S/c24-16(14-6-2-8-22(14)17(25)15-7-3-9-26-15)19-12-4-1-5-13(10-12)23-11-18-20-21-23/h1,3-5,7,9-11,14H,2,6,8H2,(H,19,24)/t14-/m0/s1. The SMILES string of the molecule is O=C(Nc1cccc(-n2cnnn2)c1)[C@@H]1CCCN1C(=O)c1cccs1. The number of amides is 2. The van der Waals surface area contributed by atoms with Gasteiger partial charge in [0.05, 0.1) is 10.6 Å². The summed E-state index contributed by atoms with van der Waals surface area (Å²) in [5.74, 6) is -0.263. The van der Waals surface area contributed by atoms with Crippen LogP contribution in [0.2, 0.25) is 0 Å². The second-order valence-corrected chi connectivity index (χ2v) is 6.88. The van der Waals surface area contributed by atoms with E-state index in [1.165, 1.54) is 22.3 Å². The van der Waals surface area contributed by atoms with Gasteiger partial charge in [0.15, 0.2) is 0 Å². The van der Waals surface area contributed by atoms with Crippen LogP contribution in [0, 0.1) is 0 Å². The molecule has 1 saturated heterocycles. The number of thiophene rings is 1. The van der Waals surface area contributed by atoms with E-state index >= 15 is 0 Å². The van der Waals surface area contributed by atoms with Crippen molar-refractivity contribution in [3.05, 3.63) is 53.0 Å². The molecule has 26 heavy (non-hydrogen) atoms. The third-order valence-electron chi connectivity index (χ3n) is 4.28. The van der Waals surface area contributed by atoms with Crippen molar-refractivity contribution < 1.29 is 9.59 Å². The Kier molecular flexibility index (Phi) is 4.44. The molecule has 1 N–H and O–H groups in total. The molecule has 4 rings (SSSR count). The first kappa shape index (κ1) is 16.4. The van der Waals surface area contributed by atoms with Crippen LogP contribution in [-0.2, 0) is 4.79 Å². The molecular weight excluding hydrogens is 352 g/mol. The molecule has 0 saturated carbocycles. The van der Waals surface area contributed by atoms with Crippen molar-refractivity contribution in [3.8, 4) is 5.69 Å². The van der Waals surface area contributed by atoms with Gasteiger partial charge in [-0.1, -0.05) is 12.1 Å². The van der Waals surface area contributed by atoms with E-state index < -0.39 is 6.04 Å². The van der Waals surface area contributed by atoms with E-state index in [9.17, 15) is 9.59 Å². The number of carbonyl (C=O) groups is 2. The fourth-order valence-corrected chi connectivity index (χ4v) is 3.73. The van der Waals surface area contributed by atoms with Gasteiger partial charge in [0, 0.05) is 12.2 Å². The van der Waals surface area contributed by atoms with Crippen molar-refractivity contribution in [1.29, 1.82) is 0 Å². The quantitative estimate of drug-likeness (QED) is 0.760. The molecule has 8 nitrogen and oxygen atoms in total. The summed E-state index contributed by atoms with van der Waals surface area (Å²) in [5, 5.41) is 15.8. The van der Waals surface area contributed by atoms with Crippen molar-refractivity contribution in [3.63, 3.8) is 0 Å². The Morgan fingerprint density at radius 1 is 1.23 bits per heavy atom. The van der Waals surface area contributed by atoms with Gasteiger partial charge in [-0.3, -0.25) is 9.59 Å². The highest BCUT2D eigenvalue weighted by atomic mass is 32.1. The van der Waals surface area contributed by atoms with Gasteiger partial charge in [0.2, 0.25) is 5.91 Å². The van der Waals surface area contributed by atoms with Gasteiger partial charge in [0.25, 0.3) is 5.91 Å². The second kappa shape index (κ2) is 7.04. The Morgan fingerprint density at radius 3 is 2.92 bits per heavy atom. The highest BCUT2D eigenvalue weighted by molar-refractivity contribution is 7.12. The Bertz CT molecular complexity index is 909. The number of hydrogen-bond acceptors (Lipinski definition) is 6. The average Bonchev–Trinajstić information content (AvgIpc) is 3.44. The van der Waals surface area contributed by atoms with Crippen molar-refractivity contribution in [1.82, 2.24) is 25.1 Å². The minimum atomic E-state index is -0.457. The first-order chi connectivity index (χ1) is 12.7. The van der Waals surface area contributed by atoms with E-state index in [1.807, 2.05) is 23.6 Å². The van der Waals surface area contributed by atoms with Crippen LogP contribution in [0.3, 0.4) is 0 Å². The van der Waals surface area contributed by atoms with Crippen LogP contribution in [0.1, 0.15) is 22.5 Å². The van der Waals surface area contributed by atoms with Crippen molar-refractivity contribution in [2.45, 2.75) is 18.9 Å². The maximum atomic E-state index is 12.7. The van der Waals surface area contributed by atoms with Gasteiger partial charge in [-0.15, -0.1) is 16.4 Å².